The summed E-state index contributed by atoms with van der Waals surface area (Å²) in [5.41, 5.74) is 0. The Hall–Kier alpha value is -1.20. The number of rotatable bonds is 5. The highest BCUT2D eigenvalue weighted by atomic mass is 127. The standard InChI is InChI=1S/C16H22ClN5.HI/c1-3-5-9-20-16(18-4-2)21-13-8-11-22(12-13)15-14(17)7-6-10-19-15;/h1,6-7,10,13H,4-5,8-9,11-12H2,2H3,(H2,18,20,21);1H. The van der Waals surface area contributed by atoms with Gasteiger partial charge in [0.25, 0.3) is 0 Å². The number of terminal acetylenes is 1. The molecule has 1 atom stereocenters. The molecule has 2 heterocycles. The van der Waals surface area contributed by atoms with Crippen LogP contribution in [0.5, 0.6) is 0 Å². The van der Waals surface area contributed by atoms with E-state index in [9.17, 15) is 0 Å². The van der Waals surface area contributed by atoms with Crippen LogP contribution in [-0.2, 0) is 0 Å². The first-order valence-electron chi connectivity index (χ1n) is 7.58. The van der Waals surface area contributed by atoms with Gasteiger partial charge in [-0.1, -0.05) is 11.6 Å². The molecule has 2 N–H and O–H groups in total. The molecule has 126 valence electrons. The molecule has 0 aliphatic carbocycles. The SMILES string of the molecule is C#CCCN=C(NCC)NC1CCN(c2ncccc2Cl)C1.I. The molecule has 0 radical (unpaired) electrons. The molecule has 0 saturated carbocycles. The zero-order chi connectivity index (χ0) is 15.8. The summed E-state index contributed by atoms with van der Waals surface area (Å²) >= 11 is 6.21. The molecular formula is C16H23ClIN5. The number of aromatic nitrogens is 1. The zero-order valence-corrected chi connectivity index (χ0v) is 16.3. The molecule has 1 aliphatic heterocycles. The minimum atomic E-state index is 0. The first kappa shape index (κ1) is 19.8. The van der Waals surface area contributed by atoms with Gasteiger partial charge in [-0.05, 0) is 25.5 Å². The van der Waals surface area contributed by atoms with Crippen molar-refractivity contribution in [3.05, 3.63) is 23.4 Å². The van der Waals surface area contributed by atoms with Crippen molar-refractivity contribution >= 4 is 47.4 Å². The summed E-state index contributed by atoms with van der Waals surface area (Å²) in [6.45, 7) is 5.29. The first-order chi connectivity index (χ1) is 10.7. The number of aliphatic imine (C=N–C) groups is 1. The van der Waals surface area contributed by atoms with Crippen molar-refractivity contribution < 1.29 is 0 Å². The normalized spacial score (nSPS) is 17.3. The smallest absolute Gasteiger partial charge is 0.191 e. The quantitative estimate of drug-likeness (QED) is 0.239. The van der Waals surface area contributed by atoms with Crippen LogP contribution in [-0.4, -0.2) is 43.2 Å². The third kappa shape index (κ3) is 6.07. The lowest BCUT2D eigenvalue weighted by atomic mass is 10.3. The average Bonchev–Trinajstić information content (AvgIpc) is 2.96. The fourth-order valence-corrected chi connectivity index (χ4v) is 2.67. The van der Waals surface area contributed by atoms with E-state index in [1.807, 2.05) is 19.1 Å². The first-order valence-corrected chi connectivity index (χ1v) is 7.96. The maximum absolute atomic E-state index is 6.21. The second-order valence-corrected chi connectivity index (χ2v) is 5.51. The fraction of sp³-hybridized carbons (Fsp3) is 0.500. The lowest BCUT2D eigenvalue weighted by Gasteiger charge is -2.20. The monoisotopic (exact) mass is 447 g/mol. The second-order valence-electron chi connectivity index (χ2n) is 5.10. The molecule has 0 amide bonds. The van der Waals surface area contributed by atoms with E-state index in [0.29, 0.717) is 24.0 Å². The van der Waals surface area contributed by atoms with E-state index < -0.39 is 0 Å². The van der Waals surface area contributed by atoms with Gasteiger partial charge in [0.05, 0.1) is 11.6 Å². The molecule has 1 aromatic rings. The Morgan fingerprint density at radius 2 is 2.43 bits per heavy atom. The lowest BCUT2D eigenvalue weighted by Crippen LogP contribution is -2.44. The van der Waals surface area contributed by atoms with Crippen LogP contribution in [0.4, 0.5) is 5.82 Å². The number of nitrogens with zero attached hydrogens (tertiary/aromatic N) is 3. The van der Waals surface area contributed by atoms with Crippen LogP contribution in [0.3, 0.4) is 0 Å². The van der Waals surface area contributed by atoms with Gasteiger partial charge in [-0.15, -0.1) is 36.3 Å². The van der Waals surface area contributed by atoms with Crippen molar-refractivity contribution in [2.75, 3.05) is 31.1 Å². The van der Waals surface area contributed by atoms with E-state index in [1.54, 1.807) is 6.20 Å². The zero-order valence-electron chi connectivity index (χ0n) is 13.3. The van der Waals surface area contributed by atoms with Gasteiger partial charge >= 0.3 is 0 Å². The van der Waals surface area contributed by atoms with E-state index in [4.69, 9.17) is 18.0 Å². The molecule has 1 unspecified atom stereocenters. The van der Waals surface area contributed by atoms with Crippen molar-refractivity contribution in [2.45, 2.75) is 25.8 Å². The van der Waals surface area contributed by atoms with Crippen molar-refractivity contribution in [2.24, 2.45) is 4.99 Å². The van der Waals surface area contributed by atoms with E-state index in [1.165, 1.54) is 0 Å². The molecule has 0 spiro atoms. The molecule has 2 rings (SSSR count). The van der Waals surface area contributed by atoms with Crippen LogP contribution in [0, 0.1) is 12.3 Å². The third-order valence-electron chi connectivity index (χ3n) is 3.44. The third-order valence-corrected chi connectivity index (χ3v) is 3.73. The number of anilines is 1. The molecule has 1 aliphatic rings. The Labute approximate surface area is 160 Å². The summed E-state index contributed by atoms with van der Waals surface area (Å²) in [5.74, 6) is 4.27. The van der Waals surface area contributed by atoms with Crippen LogP contribution in [0.1, 0.15) is 19.8 Å². The average molecular weight is 448 g/mol. The van der Waals surface area contributed by atoms with Gasteiger partial charge in [-0.25, -0.2) is 4.98 Å². The second kappa shape index (κ2) is 10.6. The summed E-state index contributed by atoms with van der Waals surface area (Å²) in [5, 5.41) is 7.39. The molecule has 23 heavy (non-hydrogen) atoms. The molecular weight excluding hydrogens is 425 g/mol. The van der Waals surface area contributed by atoms with Crippen molar-refractivity contribution in [3.63, 3.8) is 0 Å². The highest BCUT2D eigenvalue weighted by Crippen LogP contribution is 2.25. The Morgan fingerprint density at radius 1 is 1.61 bits per heavy atom. The van der Waals surface area contributed by atoms with E-state index >= 15 is 0 Å². The van der Waals surface area contributed by atoms with Crippen molar-refractivity contribution in [1.82, 2.24) is 15.6 Å². The number of pyridine rings is 1. The van der Waals surface area contributed by atoms with Crippen LogP contribution in [0.15, 0.2) is 23.3 Å². The molecule has 1 aromatic heterocycles. The molecule has 5 nitrogen and oxygen atoms in total. The van der Waals surface area contributed by atoms with E-state index in [-0.39, 0.29) is 24.0 Å². The maximum atomic E-state index is 6.21. The van der Waals surface area contributed by atoms with Crippen LogP contribution >= 0.6 is 35.6 Å². The van der Waals surface area contributed by atoms with Gasteiger partial charge in [0.2, 0.25) is 0 Å². The lowest BCUT2D eigenvalue weighted by molar-refractivity contribution is 0.649. The largest absolute Gasteiger partial charge is 0.357 e. The predicted molar refractivity (Wildman–Crippen MR) is 108 cm³/mol. The van der Waals surface area contributed by atoms with Gasteiger partial charge in [0.15, 0.2) is 5.96 Å². The van der Waals surface area contributed by atoms with Crippen LogP contribution in [0.25, 0.3) is 0 Å². The molecule has 1 fully saturated rings. The number of hydrogen-bond donors (Lipinski definition) is 2. The molecule has 0 aromatic carbocycles. The van der Waals surface area contributed by atoms with Gasteiger partial charge in [0, 0.05) is 38.3 Å². The summed E-state index contributed by atoms with van der Waals surface area (Å²) < 4.78 is 0. The van der Waals surface area contributed by atoms with Crippen molar-refractivity contribution in [1.29, 1.82) is 0 Å². The van der Waals surface area contributed by atoms with E-state index in [2.05, 4.69) is 31.4 Å². The predicted octanol–water partition coefficient (Wildman–Crippen LogP) is 2.51. The minimum Gasteiger partial charge on any atom is -0.357 e. The minimum absolute atomic E-state index is 0. The number of halogens is 2. The molecule has 0 bridgehead atoms. The Bertz CT molecular complexity index is 558. The molecule has 7 heteroatoms. The number of nitrogens with one attached hydrogen (secondary N) is 2. The Kier molecular flexibility index (Phi) is 9.10. The van der Waals surface area contributed by atoms with Gasteiger partial charge in [-0.2, -0.15) is 0 Å². The summed E-state index contributed by atoms with van der Waals surface area (Å²) in [7, 11) is 0. The summed E-state index contributed by atoms with van der Waals surface area (Å²) in [4.78, 5) is 11.0. The summed E-state index contributed by atoms with van der Waals surface area (Å²) in [6, 6.07) is 4.04. The van der Waals surface area contributed by atoms with Crippen LogP contribution < -0.4 is 15.5 Å². The maximum Gasteiger partial charge on any atom is 0.191 e. The highest BCUT2D eigenvalue weighted by Gasteiger charge is 2.25. The van der Waals surface area contributed by atoms with Gasteiger partial charge in [-0.3, -0.25) is 4.99 Å². The highest BCUT2D eigenvalue weighted by molar-refractivity contribution is 14.0. The summed E-state index contributed by atoms with van der Waals surface area (Å²) in [6.07, 6.45) is 8.70. The van der Waals surface area contributed by atoms with Crippen LogP contribution in [0.2, 0.25) is 5.02 Å². The van der Waals surface area contributed by atoms with Crippen molar-refractivity contribution in [3.8, 4) is 12.3 Å². The number of hydrogen-bond acceptors (Lipinski definition) is 3. The van der Waals surface area contributed by atoms with E-state index in [0.717, 1.165) is 37.8 Å². The Balaban J connectivity index is 0.00000264. The van der Waals surface area contributed by atoms with Gasteiger partial charge in [0.1, 0.15) is 5.82 Å². The topological polar surface area (TPSA) is 52.6 Å². The van der Waals surface area contributed by atoms with Gasteiger partial charge < -0.3 is 15.5 Å². The molecule has 1 saturated heterocycles. The number of guanidine groups is 1. The Morgan fingerprint density at radius 3 is 3.13 bits per heavy atom. The fourth-order valence-electron chi connectivity index (χ4n) is 2.43.